The average Bonchev–Trinajstić information content (AvgIpc) is 2.45. The van der Waals surface area contributed by atoms with E-state index in [1.54, 1.807) is 45.0 Å². The molecular formula is C15H24NO5P. The minimum absolute atomic E-state index is 0.0725. The molecule has 0 aromatic heterocycles. The highest BCUT2D eigenvalue weighted by Crippen LogP contribution is 2.51. The summed E-state index contributed by atoms with van der Waals surface area (Å²) in [6.45, 7) is 5.90. The zero-order valence-electron chi connectivity index (χ0n) is 13.3. The second-order valence-corrected chi connectivity index (χ2v) is 6.71. The second kappa shape index (κ2) is 8.93. The van der Waals surface area contributed by atoms with Gasteiger partial charge in [-0.2, -0.15) is 0 Å². The van der Waals surface area contributed by atoms with Crippen LogP contribution in [0.4, 0.5) is 5.69 Å². The Kier molecular flexibility index (Phi) is 7.59. The summed E-state index contributed by atoms with van der Waals surface area (Å²) in [5, 5.41) is 0. The largest absolute Gasteiger partial charge is 0.466 e. The van der Waals surface area contributed by atoms with Crippen LogP contribution in [0.2, 0.25) is 0 Å². The number of ether oxygens (including phenoxy) is 1. The van der Waals surface area contributed by atoms with Crippen molar-refractivity contribution in [3.63, 3.8) is 0 Å². The number of rotatable bonds is 9. The van der Waals surface area contributed by atoms with Gasteiger partial charge in [-0.3, -0.25) is 9.36 Å². The number of nitrogens with two attached hydrogens (primary N) is 1. The Bertz CT molecular complexity index is 524. The van der Waals surface area contributed by atoms with E-state index >= 15 is 0 Å². The number of carbonyl (C=O) groups is 1. The lowest BCUT2D eigenvalue weighted by molar-refractivity contribution is -0.144. The fourth-order valence-corrected chi connectivity index (χ4v) is 3.97. The van der Waals surface area contributed by atoms with Crippen molar-refractivity contribution in [1.29, 1.82) is 0 Å². The average molecular weight is 329 g/mol. The van der Waals surface area contributed by atoms with Crippen LogP contribution < -0.4 is 5.73 Å². The maximum absolute atomic E-state index is 12.7. The van der Waals surface area contributed by atoms with Gasteiger partial charge in [0.05, 0.1) is 31.9 Å². The molecule has 1 aromatic rings. The third-order valence-electron chi connectivity index (χ3n) is 2.94. The van der Waals surface area contributed by atoms with Gasteiger partial charge in [0.25, 0.3) is 0 Å². The fourth-order valence-electron chi connectivity index (χ4n) is 2.09. The SMILES string of the molecule is CCOC(=O)C(CP(=O)(OCC)OCC)c1cccc(N)c1. The molecule has 1 atom stereocenters. The Morgan fingerprint density at radius 1 is 1.18 bits per heavy atom. The van der Waals surface area contributed by atoms with E-state index in [0.29, 0.717) is 11.3 Å². The second-order valence-electron chi connectivity index (χ2n) is 4.60. The van der Waals surface area contributed by atoms with Gasteiger partial charge in [0.15, 0.2) is 0 Å². The molecule has 0 aliphatic heterocycles. The van der Waals surface area contributed by atoms with E-state index in [2.05, 4.69) is 0 Å². The highest BCUT2D eigenvalue weighted by atomic mass is 31.2. The van der Waals surface area contributed by atoms with Crippen LogP contribution >= 0.6 is 7.60 Å². The normalized spacial score (nSPS) is 12.9. The molecule has 0 aliphatic carbocycles. The lowest BCUT2D eigenvalue weighted by atomic mass is 10.0. The summed E-state index contributed by atoms with van der Waals surface area (Å²) in [6, 6.07) is 6.88. The van der Waals surface area contributed by atoms with Crippen molar-refractivity contribution in [2.45, 2.75) is 26.7 Å². The van der Waals surface area contributed by atoms with Crippen LogP contribution in [0.15, 0.2) is 24.3 Å². The predicted molar refractivity (Wildman–Crippen MR) is 86.0 cm³/mol. The van der Waals surface area contributed by atoms with Gasteiger partial charge >= 0.3 is 13.6 Å². The molecule has 0 aliphatic rings. The van der Waals surface area contributed by atoms with Crippen molar-refractivity contribution in [3.8, 4) is 0 Å². The molecule has 1 rings (SSSR count). The highest BCUT2D eigenvalue weighted by molar-refractivity contribution is 7.53. The first-order valence-electron chi connectivity index (χ1n) is 7.36. The van der Waals surface area contributed by atoms with Gasteiger partial charge in [-0.25, -0.2) is 0 Å². The van der Waals surface area contributed by atoms with E-state index in [4.69, 9.17) is 19.5 Å². The lowest BCUT2D eigenvalue weighted by Crippen LogP contribution is -2.21. The van der Waals surface area contributed by atoms with Crippen LogP contribution in [-0.4, -0.2) is 32.0 Å². The molecule has 2 N–H and O–H groups in total. The Balaban J connectivity index is 3.09. The minimum Gasteiger partial charge on any atom is -0.466 e. The molecule has 0 fully saturated rings. The van der Waals surface area contributed by atoms with Gasteiger partial charge in [0.2, 0.25) is 0 Å². The zero-order valence-corrected chi connectivity index (χ0v) is 14.2. The van der Waals surface area contributed by atoms with Crippen molar-refractivity contribution in [2.75, 3.05) is 31.7 Å². The molecule has 1 unspecified atom stereocenters. The summed E-state index contributed by atoms with van der Waals surface area (Å²) < 4.78 is 28.3. The van der Waals surface area contributed by atoms with E-state index in [1.165, 1.54) is 0 Å². The third-order valence-corrected chi connectivity index (χ3v) is 5.06. The van der Waals surface area contributed by atoms with Gasteiger partial charge < -0.3 is 19.5 Å². The maximum Gasteiger partial charge on any atom is 0.331 e. The molecule has 0 amide bonds. The molecule has 6 nitrogen and oxygen atoms in total. The molecule has 7 heteroatoms. The molecular weight excluding hydrogens is 305 g/mol. The molecule has 0 bridgehead atoms. The number of benzene rings is 1. The quantitative estimate of drug-likeness (QED) is 0.425. The summed E-state index contributed by atoms with van der Waals surface area (Å²) >= 11 is 0. The summed E-state index contributed by atoms with van der Waals surface area (Å²) in [5.41, 5.74) is 6.93. The van der Waals surface area contributed by atoms with Crippen molar-refractivity contribution in [2.24, 2.45) is 0 Å². The van der Waals surface area contributed by atoms with Crippen molar-refractivity contribution >= 4 is 19.3 Å². The van der Waals surface area contributed by atoms with Gasteiger partial charge in [-0.1, -0.05) is 12.1 Å². The standard InChI is InChI=1S/C15H24NO5P/c1-4-19-15(17)14(12-8-7-9-13(16)10-12)11-22(18,20-5-2)21-6-3/h7-10,14H,4-6,11,16H2,1-3H3. The van der Waals surface area contributed by atoms with Gasteiger partial charge in [0, 0.05) is 5.69 Å². The highest BCUT2D eigenvalue weighted by Gasteiger charge is 2.34. The maximum atomic E-state index is 12.7. The number of hydrogen-bond acceptors (Lipinski definition) is 6. The van der Waals surface area contributed by atoms with Crippen LogP contribution in [0.25, 0.3) is 0 Å². The van der Waals surface area contributed by atoms with Gasteiger partial charge in [-0.15, -0.1) is 0 Å². The number of anilines is 1. The van der Waals surface area contributed by atoms with E-state index in [0.717, 1.165) is 0 Å². The Morgan fingerprint density at radius 3 is 2.32 bits per heavy atom. The molecule has 22 heavy (non-hydrogen) atoms. The van der Waals surface area contributed by atoms with Gasteiger partial charge in [-0.05, 0) is 38.5 Å². The van der Waals surface area contributed by atoms with Crippen LogP contribution in [0.3, 0.4) is 0 Å². The Hall–Kier alpha value is -1.36. The van der Waals surface area contributed by atoms with E-state index in [1.807, 2.05) is 0 Å². The number of hydrogen-bond donors (Lipinski definition) is 1. The van der Waals surface area contributed by atoms with Gasteiger partial charge in [0.1, 0.15) is 0 Å². The molecule has 1 aromatic carbocycles. The van der Waals surface area contributed by atoms with E-state index < -0.39 is 19.5 Å². The monoisotopic (exact) mass is 329 g/mol. The summed E-state index contributed by atoms with van der Waals surface area (Å²) in [7, 11) is -3.38. The van der Waals surface area contributed by atoms with Crippen LogP contribution in [0, 0.1) is 0 Å². The lowest BCUT2D eigenvalue weighted by Gasteiger charge is -2.22. The topological polar surface area (TPSA) is 87.9 Å². The third kappa shape index (κ3) is 5.44. The summed E-state index contributed by atoms with van der Waals surface area (Å²) in [6.07, 6.45) is -0.0725. The van der Waals surface area contributed by atoms with Crippen LogP contribution in [0.1, 0.15) is 32.3 Å². The zero-order chi connectivity index (χ0) is 16.6. The first kappa shape index (κ1) is 18.7. The molecule has 0 saturated carbocycles. The molecule has 0 heterocycles. The van der Waals surface area contributed by atoms with Crippen LogP contribution in [0.5, 0.6) is 0 Å². The van der Waals surface area contributed by atoms with Crippen molar-refractivity contribution < 1.29 is 23.1 Å². The van der Waals surface area contributed by atoms with Crippen molar-refractivity contribution in [1.82, 2.24) is 0 Å². The fraction of sp³-hybridized carbons (Fsp3) is 0.533. The Morgan fingerprint density at radius 2 is 1.82 bits per heavy atom. The smallest absolute Gasteiger partial charge is 0.331 e. The number of carbonyl (C=O) groups excluding carboxylic acids is 1. The first-order valence-corrected chi connectivity index (χ1v) is 9.08. The summed E-state index contributed by atoms with van der Waals surface area (Å²) in [5.74, 6) is -1.21. The molecule has 0 saturated heterocycles. The number of esters is 1. The molecule has 0 radical (unpaired) electrons. The van der Waals surface area contributed by atoms with Crippen LogP contribution in [-0.2, 0) is 23.1 Å². The molecule has 0 spiro atoms. The number of nitrogen functional groups attached to an aromatic ring is 1. The predicted octanol–water partition coefficient (Wildman–Crippen LogP) is 3.18. The summed E-state index contributed by atoms with van der Waals surface area (Å²) in [4.78, 5) is 12.2. The minimum atomic E-state index is -3.38. The first-order chi connectivity index (χ1) is 10.5. The van der Waals surface area contributed by atoms with E-state index in [-0.39, 0.29) is 26.0 Å². The Labute approximate surface area is 131 Å². The van der Waals surface area contributed by atoms with Crippen molar-refractivity contribution in [3.05, 3.63) is 29.8 Å². The van der Waals surface area contributed by atoms with E-state index in [9.17, 15) is 9.36 Å². The molecule has 124 valence electrons.